The molecule has 1 aromatic rings. The predicted molar refractivity (Wildman–Crippen MR) is 48.6 cm³/mol. The average molecular weight is 219 g/mol. The molecule has 1 atom stereocenters. The van der Waals surface area contributed by atoms with Crippen LogP contribution in [-0.4, -0.2) is 16.2 Å². The van der Waals surface area contributed by atoms with Crippen LogP contribution in [0.1, 0.15) is 18.1 Å². The summed E-state index contributed by atoms with van der Waals surface area (Å²) in [5.74, 6) is -1.91. The number of aliphatic hydroxyl groups is 1. The summed E-state index contributed by atoms with van der Waals surface area (Å²) in [4.78, 5) is 10.3. The number of halogens is 2. The van der Waals surface area contributed by atoms with Crippen LogP contribution >= 0.6 is 11.6 Å². The third-order valence-electron chi connectivity index (χ3n) is 1.70. The van der Waals surface area contributed by atoms with Crippen LogP contribution in [0.15, 0.2) is 18.2 Å². The number of hydrogen-bond acceptors (Lipinski definition) is 2. The third-order valence-corrected chi connectivity index (χ3v) is 2.03. The van der Waals surface area contributed by atoms with Crippen LogP contribution in [0.2, 0.25) is 5.02 Å². The SMILES string of the molecule is O=C(O)C[C@H](O)c1c(F)cccc1Cl. The van der Waals surface area contributed by atoms with Gasteiger partial charge in [0.15, 0.2) is 0 Å². The molecule has 5 heteroatoms. The van der Waals surface area contributed by atoms with Crippen LogP contribution in [0.5, 0.6) is 0 Å². The molecule has 1 rings (SSSR count). The number of aliphatic carboxylic acids is 1. The third kappa shape index (κ3) is 2.43. The molecule has 0 aliphatic heterocycles. The van der Waals surface area contributed by atoms with E-state index < -0.39 is 24.3 Å². The van der Waals surface area contributed by atoms with Crippen molar-refractivity contribution in [1.82, 2.24) is 0 Å². The molecule has 2 N–H and O–H groups in total. The quantitative estimate of drug-likeness (QED) is 0.816. The van der Waals surface area contributed by atoms with Crippen molar-refractivity contribution in [2.75, 3.05) is 0 Å². The molecule has 0 radical (unpaired) electrons. The van der Waals surface area contributed by atoms with E-state index in [9.17, 15) is 14.3 Å². The van der Waals surface area contributed by atoms with E-state index >= 15 is 0 Å². The minimum atomic E-state index is -1.42. The highest BCUT2D eigenvalue weighted by Gasteiger charge is 2.18. The standard InChI is InChI=1S/C9H8ClFO3/c10-5-2-1-3-6(11)9(5)7(12)4-8(13)14/h1-3,7,12H,4H2,(H,13,14)/t7-/m0/s1. The van der Waals surface area contributed by atoms with E-state index in [-0.39, 0.29) is 10.6 Å². The van der Waals surface area contributed by atoms with Crippen molar-refractivity contribution >= 4 is 17.6 Å². The van der Waals surface area contributed by atoms with Crippen LogP contribution in [-0.2, 0) is 4.79 Å². The summed E-state index contributed by atoms with van der Waals surface area (Å²) in [6.07, 6.45) is -1.98. The van der Waals surface area contributed by atoms with Gasteiger partial charge in [0, 0.05) is 10.6 Å². The Kier molecular flexibility index (Phi) is 3.43. The van der Waals surface area contributed by atoms with Gasteiger partial charge in [-0.2, -0.15) is 0 Å². The van der Waals surface area contributed by atoms with Gasteiger partial charge >= 0.3 is 5.97 Å². The van der Waals surface area contributed by atoms with Gasteiger partial charge in [0.25, 0.3) is 0 Å². The molecule has 76 valence electrons. The molecule has 14 heavy (non-hydrogen) atoms. The number of benzene rings is 1. The highest BCUT2D eigenvalue weighted by molar-refractivity contribution is 6.31. The van der Waals surface area contributed by atoms with Crippen LogP contribution in [0.25, 0.3) is 0 Å². The molecule has 0 amide bonds. The summed E-state index contributed by atoms with van der Waals surface area (Å²) in [6, 6.07) is 3.89. The van der Waals surface area contributed by atoms with Gasteiger partial charge in [-0.1, -0.05) is 17.7 Å². The fraction of sp³-hybridized carbons (Fsp3) is 0.222. The second-order valence-corrected chi connectivity index (χ2v) is 3.16. The lowest BCUT2D eigenvalue weighted by Crippen LogP contribution is -2.07. The first-order chi connectivity index (χ1) is 6.52. The van der Waals surface area contributed by atoms with Crippen molar-refractivity contribution < 1.29 is 19.4 Å². The van der Waals surface area contributed by atoms with E-state index in [0.717, 1.165) is 6.07 Å². The molecule has 0 aromatic heterocycles. The summed E-state index contributed by atoms with van der Waals surface area (Å²) in [7, 11) is 0. The van der Waals surface area contributed by atoms with Gasteiger partial charge in [0.2, 0.25) is 0 Å². The smallest absolute Gasteiger partial charge is 0.306 e. The molecule has 0 fully saturated rings. The zero-order valence-electron chi connectivity index (χ0n) is 7.08. The minimum absolute atomic E-state index is 0.0266. The Morgan fingerprint density at radius 1 is 1.57 bits per heavy atom. The Balaban J connectivity index is 2.99. The highest BCUT2D eigenvalue weighted by atomic mass is 35.5. The Labute approximate surface area is 84.7 Å². The number of carbonyl (C=O) groups is 1. The monoisotopic (exact) mass is 218 g/mol. The lowest BCUT2D eigenvalue weighted by atomic mass is 10.1. The molecule has 0 spiro atoms. The Bertz CT molecular complexity index is 334. The first-order valence-corrected chi connectivity index (χ1v) is 4.24. The second kappa shape index (κ2) is 4.39. The maximum absolute atomic E-state index is 13.1. The van der Waals surface area contributed by atoms with Crippen molar-refractivity contribution in [2.45, 2.75) is 12.5 Å². The summed E-state index contributed by atoms with van der Waals surface area (Å²) in [5.41, 5.74) is -0.170. The van der Waals surface area contributed by atoms with E-state index in [0.29, 0.717) is 0 Å². The molecule has 0 bridgehead atoms. The maximum atomic E-state index is 13.1. The van der Waals surface area contributed by atoms with Crippen molar-refractivity contribution in [3.63, 3.8) is 0 Å². The maximum Gasteiger partial charge on any atom is 0.306 e. The molecule has 0 aliphatic rings. The van der Waals surface area contributed by atoms with Crippen LogP contribution in [0, 0.1) is 5.82 Å². The Hall–Kier alpha value is -1.13. The van der Waals surface area contributed by atoms with Gasteiger partial charge in [0.1, 0.15) is 5.82 Å². The van der Waals surface area contributed by atoms with Crippen LogP contribution < -0.4 is 0 Å². The van der Waals surface area contributed by atoms with Gasteiger partial charge in [0.05, 0.1) is 12.5 Å². The van der Waals surface area contributed by atoms with E-state index in [2.05, 4.69) is 0 Å². The van der Waals surface area contributed by atoms with Crippen molar-refractivity contribution in [3.05, 3.63) is 34.6 Å². The molecule has 0 saturated carbocycles. The number of hydrogen-bond donors (Lipinski definition) is 2. The predicted octanol–water partition coefficient (Wildman–Crippen LogP) is 1.99. The van der Waals surface area contributed by atoms with Crippen LogP contribution in [0.4, 0.5) is 4.39 Å². The molecule has 0 unspecified atom stereocenters. The largest absolute Gasteiger partial charge is 0.481 e. The fourth-order valence-corrected chi connectivity index (χ4v) is 1.39. The second-order valence-electron chi connectivity index (χ2n) is 2.75. The van der Waals surface area contributed by atoms with Gasteiger partial charge in [-0.15, -0.1) is 0 Å². The van der Waals surface area contributed by atoms with Crippen molar-refractivity contribution in [1.29, 1.82) is 0 Å². The zero-order valence-corrected chi connectivity index (χ0v) is 7.83. The molecular formula is C9H8ClFO3. The van der Waals surface area contributed by atoms with E-state index in [1.165, 1.54) is 12.1 Å². The molecule has 3 nitrogen and oxygen atoms in total. The van der Waals surface area contributed by atoms with Gasteiger partial charge in [-0.05, 0) is 12.1 Å². The molecule has 0 aliphatic carbocycles. The van der Waals surface area contributed by atoms with Crippen LogP contribution in [0.3, 0.4) is 0 Å². The van der Waals surface area contributed by atoms with Gasteiger partial charge in [-0.25, -0.2) is 4.39 Å². The van der Waals surface area contributed by atoms with Crippen molar-refractivity contribution in [3.8, 4) is 0 Å². The summed E-state index contributed by atoms with van der Waals surface area (Å²) in [6.45, 7) is 0. The van der Waals surface area contributed by atoms with Gasteiger partial charge < -0.3 is 10.2 Å². The zero-order chi connectivity index (χ0) is 10.7. The first-order valence-electron chi connectivity index (χ1n) is 3.86. The number of carboxylic acid groups (broad SMARTS) is 1. The molecule has 0 saturated heterocycles. The average Bonchev–Trinajstić information content (AvgIpc) is 2.01. The van der Waals surface area contributed by atoms with E-state index in [1.54, 1.807) is 0 Å². The molecular weight excluding hydrogens is 211 g/mol. The molecule has 0 heterocycles. The number of aliphatic hydroxyl groups excluding tert-OH is 1. The van der Waals surface area contributed by atoms with E-state index in [4.69, 9.17) is 16.7 Å². The Morgan fingerprint density at radius 3 is 2.71 bits per heavy atom. The summed E-state index contributed by atoms with van der Waals surface area (Å²) < 4.78 is 13.1. The lowest BCUT2D eigenvalue weighted by Gasteiger charge is -2.10. The first kappa shape index (κ1) is 10.9. The summed E-state index contributed by atoms with van der Waals surface area (Å²) in [5, 5.41) is 17.8. The summed E-state index contributed by atoms with van der Waals surface area (Å²) >= 11 is 5.61. The Morgan fingerprint density at radius 2 is 2.21 bits per heavy atom. The number of carboxylic acids is 1. The molecule has 1 aromatic carbocycles. The minimum Gasteiger partial charge on any atom is -0.481 e. The van der Waals surface area contributed by atoms with Crippen molar-refractivity contribution in [2.24, 2.45) is 0 Å². The highest BCUT2D eigenvalue weighted by Crippen LogP contribution is 2.27. The lowest BCUT2D eigenvalue weighted by molar-refractivity contribution is -0.139. The number of rotatable bonds is 3. The van der Waals surface area contributed by atoms with Gasteiger partial charge in [-0.3, -0.25) is 4.79 Å². The normalized spacial score (nSPS) is 12.5. The topological polar surface area (TPSA) is 57.5 Å². The fourth-order valence-electron chi connectivity index (χ4n) is 1.10. The van der Waals surface area contributed by atoms with E-state index in [1.807, 2.05) is 0 Å².